The van der Waals surface area contributed by atoms with E-state index in [0.717, 1.165) is 24.3 Å². The van der Waals surface area contributed by atoms with E-state index >= 15 is 0 Å². The zero-order chi connectivity index (χ0) is 19.1. The van der Waals surface area contributed by atoms with Gasteiger partial charge in [-0.15, -0.1) is 0 Å². The smallest absolute Gasteiger partial charge is 0.229 e. The molecule has 1 aliphatic heterocycles. The minimum atomic E-state index is -0.131. The van der Waals surface area contributed by atoms with Gasteiger partial charge in [0, 0.05) is 25.1 Å². The Morgan fingerprint density at radius 1 is 1.15 bits per heavy atom. The van der Waals surface area contributed by atoms with Gasteiger partial charge in [0.2, 0.25) is 11.8 Å². The normalized spacial score (nSPS) is 16.4. The van der Waals surface area contributed by atoms with Crippen LogP contribution in [0.15, 0.2) is 54.6 Å². The molecule has 2 amide bonds. The van der Waals surface area contributed by atoms with E-state index in [-0.39, 0.29) is 17.9 Å². The molecule has 0 unspecified atom stereocenters. The number of rotatable bonds is 8. The van der Waals surface area contributed by atoms with Gasteiger partial charge in [0.25, 0.3) is 0 Å². The summed E-state index contributed by atoms with van der Waals surface area (Å²) >= 11 is 0. The van der Waals surface area contributed by atoms with Gasteiger partial charge in [-0.3, -0.25) is 9.59 Å². The number of nitrogens with one attached hydrogen (secondary N) is 1. The highest BCUT2D eigenvalue weighted by molar-refractivity contribution is 5.96. The van der Waals surface area contributed by atoms with E-state index in [0.29, 0.717) is 26.0 Å². The second-order valence-corrected chi connectivity index (χ2v) is 6.74. The van der Waals surface area contributed by atoms with E-state index in [9.17, 15) is 9.59 Å². The Morgan fingerprint density at radius 3 is 2.59 bits per heavy atom. The predicted molar refractivity (Wildman–Crippen MR) is 106 cm³/mol. The number of ether oxygens (including phenoxy) is 1. The third-order valence-corrected chi connectivity index (χ3v) is 4.66. The van der Waals surface area contributed by atoms with Gasteiger partial charge in [0.15, 0.2) is 0 Å². The Kier molecular flexibility index (Phi) is 6.47. The molecule has 2 aromatic carbocycles. The van der Waals surface area contributed by atoms with Crippen LogP contribution in [0.2, 0.25) is 0 Å². The lowest BCUT2D eigenvalue weighted by molar-refractivity contribution is -0.121. The number of carbonyl (C=O) groups excluding carboxylic acids is 2. The second-order valence-electron chi connectivity index (χ2n) is 6.74. The van der Waals surface area contributed by atoms with Gasteiger partial charge < -0.3 is 15.0 Å². The fourth-order valence-corrected chi connectivity index (χ4v) is 3.34. The Hall–Kier alpha value is -2.82. The summed E-state index contributed by atoms with van der Waals surface area (Å²) in [5.74, 6) is 0.835. The van der Waals surface area contributed by atoms with Gasteiger partial charge in [-0.1, -0.05) is 30.3 Å². The number of aryl methyl sites for hydroxylation is 1. The Morgan fingerprint density at radius 2 is 1.89 bits per heavy atom. The molecule has 0 aliphatic carbocycles. The third-order valence-electron chi connectivity index (χ3n) is 4.66. The fraction of sp³-hybridized carbons (Fsp3) is 0.364. The minimum Gasteiger partial charge on any atom is -0.494 e. The van der Waals surface area contributed by atoms with Crippen molar-refractivity contribution in [3.8, 4) is 5.75 Å². The summed E-state index contributed by atoms with van der Waals surface area (Å²) in [6.45, 7) is 3.06. The molecular formula is C22H26N2O3. The molecular weight excluding hydrogens is 340 g/mol. The average molecular weight is 366 g/mol. The van der Waals surface area contributed by atoms with Crippen LogP contribution in [-0.4, -0.2) is 31.0 Å². The monoisotopic (exact) mass is 366 g/mol. The van der Waals surface area contributed by atoms with Gasteiger partial charge in [-0.05, 0) is 49.6 Å². The lowest BCUT2D eigenvalue weighted by Gasteiger charge is -2.17. The molecule has 5 heteroatoms. The largest absolute Gasteiger partial charge is 0.494 e. The van der Waals surface area contributed by atoms with Crippen LogP contribution in [-0.2, 0) is 16.0 Å². The topological polar surface area (TPSA) is 58.6 Å². The second kappa shape index (κ2) is 9.21. The van der Waals surface area contributed by atoms with E-state index in [1.54, 1.807) is 4.90 Å². The summed E-state index contributed by atoms with van der Waals surface area (Å²) in [6, 6.07) is 17.5. The molecule has 0 spiro atoms. The van der Waals surface area contributed by atoms with E-state index in [1.165, 1.54) is 5.56 Å². The maximum absolute atomic E-state index is 12.3. The van der Waals surface area contributed by atoms with Crippen LogP contribution in [0.25, 0.3) is 0 Å². The van der Waals surface area contributed by atoms with E-state index in [4.69, 9.17) is 4.74 Å². The molecule has 1 saturated heterocycles. The van der Waals surface area contributed by atoms with Gasteiger partial charge in [-0.25, -0.2) is 0 Å². The molecule has 0 radical (unpaired) electrons. The van der Waals surface area contributed by atoms with Gasteiger partial charge >= 0.3 is 0 Å². The number of hydrogen-bond acceptors (Lipinski definition) is 3. The Balaban J connectivity index is 1.46. The third kappa shape index (κ3) is 5.33. The molecule has 0 bridgehead atoms. The number of nitrogens with zero attached hydrogens (tertiary/aromatic N) is 1. The predicted octanol–water partition coefficient (Wildman–Crippen LogP) is 3.33. The van der Waals surface area contributed by atoms with Crippen molar-refractivity contribution in [2.24, 2.45) is 0 Å². The van der Waals surface area contributed by atoms with Crippen molar-refractivity contribution in [1.82, 2.24) is 5.32 Å². The average Bonchev–Trinajstić information content (AvgIpc) is 3.03. The van der Waals surface area contributed by atoms with Crippen LogP contribution in [0.1, 0.15) is 31.7 Å². The van der Waals surface area contributed by atoms with Crippen LogP contribution >= 0.6 is 0 Å². The van der Waals surface area contributed by atoms with Crippen molar-refractivity contribution in [3.05, 3.63) is 60.2 Å². The van der Waals surface area contributed by atoms with Crippen LogP contribution < -0.4 is 15.0 Å². The van der Waals surface area contributed by atoms with Gasteiger partial charge in [-0.2, -0.15) is 0 Å². The molecule has 1 aliphatic rings. The zero-order valence-corrected chi connectivity index (χ0v) is 15.7. The molecule has 1 fully saturated rings. The van der Waals surface area contributed by atoms with Crippen molar-refractivity contribution >= 4 is 17.5 Å². The van der Waals surface area contributed by atoms with Gasteiger partial charge in [0.05, 0.1) is 12.6 Å². The molecule has 2 aromatic rings. The summed E-state index contributed by atoms with van der Waals surface area (Å²) in [7, 11) is 0. The van der Waals surface area contributed by atoms with Gasteiger partial charge in [0.1, 0.15) is 5.75 Å². The molecule has 1 heterocycles. The molecule has 3 rings (SSSR count). The summed E-state index contributed by atoms with van der Waals surface area (Å²) in [5.41, 5.74) is 2.08. The lowest BCUT2D eigenvalue weighted by atomic mass is 10.1. The minimum absolute atomic E-state index is 0.0114. The summed E-state index contributed by atoms with van der Waals surface area (Å²) < 4.78 is 5.43. The van der Waals surface area contributed by atoms with Crippen LogP contribution in [0.4, 0.5) is 5.69 Å². The molecule has 1 atom stereocenters. The standard InChI is InChI=1S/C22H26N2O3/c1-2-27-20-13-11-19(12-14-20)24-16-18(15-22(24)26)23-21(25)10-6-9-17-7-4-3-5-8-17/h3-5,7-8,11-14,18H,2,6,9-10,15-16H2,1H3,(H,23,25)/t18-/m1/s1. The van der Waals surface area contributed by atoms with Crippen molar-refractivity contribution in [2.75, 3.05) is 18.1 Å². The highest BCUT2D eigenvalue weighted by Crippen LogP contribution is 2.24. The summed E-state index contributed by atoms with van der Waals surface area (Å²) in [6.07, 6.45) is 2.51. The molecule has 5 nitrogen and oxygen atoms in total. The van der Waals surface area contributed by atoms with E-state index < -0.39 is 0 Å². The lowest BCUT2D eigenvalue weighted by Crippen LogP contribution is -2.37. The molecule has 0 aromatic heterocycles. The first-order valence-corrected chi connectivity index (χ1v) is 9.52. The highest BCUT2D eigenvalue weighted by Gasteiger charge is 2.31. The molecule has 1 N–H and O–H groups in total. The maximum Gasteiger partial charge on any atom is 0.229 e. The quantitative estimate of drug-likeness (QED) is 0.780. The van der Waals surface area contributed by atoms with Crippen molar-refractivity contribution in [1.29, 1.82) is 0 Å². The van der Waals surface area contributed by atoms with E-state index in [2.05, 4.69) is 17.4 Å². The fourth-order valence-electron chi connectivity index (χ4n) is 3.34. The number of carbonyl (C=O) groups is 2. The summed E-state index contributed by atoms with van der Waals surface area (Å²) in [4.78, 5) is 26.2. The van der Waals surface area contributed by atoms with Crippen molar-refractivity contribution < 1.29 is 14.3 Å². The maximum atomic E-state index is 12.3. The van der Waals surface area contributed by atoms with Crippen molar-refractivity contribution in [2.45, 2.75) is 38.6 Å². The summed E-state index contributed by atoms with van der Waals surface area (Å²) in [5, 5.41) is 3.00. The number of anilines is 1. The highest BCUT2D eigenvalue weighted by atomic mass is 16.5. The molecule has 0 saturated carbocycles. The van der Waals surface area contributed by atoms with Crippen LogP contribution in [0, 0.1) is 0 Å². The zero-order valence-electron chi connectivity index (χ0n) is 15.7. The van der Waals surface area contributed by atoms with Crippen molar-refractivity contribution in [3.63, 3.8) is 0 Å². The Bertz CT molecular complexity index is 759. The first-order chi connectivity index (χ1) is 13.2. The number of benzene rings is 2. The van der Waals surface area contributed by atoms with Crippen LogP contribution in [0.5, 0.6) is 5.75 Å². The number of hydrogen-bond donors (Lipinski definition) is 1. The van der Waals surface area contributed by atoms with Crippen LogP contribution in [0.3, 0.4) is 0 Å². The first-order valence-electron chi connectivity index (χ1n) is 9.52. The first kappa shape index (κ1) is 19.0. The molecule has 27 heavy (non-hydrogen) atoms. The molecule has 142 valence electrons. The SMILES string of the molecule is CCOc1ccc(N2C[C@H](NC(=O)CCCc3ccccc3)CC2=O)cc1. The Labute approximate surface area is 160 Å². The number of amides is 2. The van der Waals surface area contributed by atoms with E-state index in [1.807, 2.05) is 49.4 Å².